The summed E-state index contributed by atoms with van der Waals surface area (Å²) in [6, 6.07) is 31.2. The van der Waals surface area contributed by atoms with Crippen LogP contribution < -0.4 is 9.47 Å². The molecule has 0 spiro atoms. The Morgan fingerprint density at radius 3 is 2.33 bits per heavy atom. The predicted octanol–water partition coefficient (Wildman–Crippen LogP) is 10.9. The molecule has 6 atom stereocenters. The standard InChI is InChI=1S/C47H55NO6S/c1-5-27-51-47-43(55-37-18-7-6-8-19-37)31-41(48-54-46(2,3)4)39-29-34(17-11-13-25-49)38(20-12-14-26-50)44(45(39)47)40-30-36(23-24-42(40)53-47)52-35-22-21-32-15-9-10-16-33(32)28-35/h5-10,15-16,18-19,21-24,28-30,34,38,43-45,49-50H,1,11-14,17,20,25-27,31H2,2-4H3. The minimum Gasteiger partial charge on any atom is -0.460 e. The fraction of sp³-hybridized carbons (Fsp3) is 0.426. The molecule has 3 aliphatic rings. The Morgan fingerprint density at radius 1 is 0.873 bits per heavy atom. The number of thioether (sulfide) groups is 1. The minimum absolute atomic E-state index is 0.0226. The van der Waals surface area contributed by atoms with E-state index in [1.54, 1.807) is 11.8 Å². The van der Waals surface area contributed by atoms with E-state index in [2.05, 4.69) is 73.3 Å². The van der Waals surface area contributed by atoms with E-state index in [1.807, 2.05) is 57.2 Å². The highest BCUT2D eigenvalue weighted by atomic mass is 32.2. The van der Waals surface area contributed by atoms with E-state index < -0.39 is 11.4 Å². The van der Waals surface area contributed by atoms with Crippen LogP contribution in [-0.4, -0.2) is 52.4 Å². The quantitative estimate of drug-likeness (QED) is 0.0667. The lowest BCUT2D eigenvalue weighted by molar-refractivity contribution is -0.223. The third-order valence-electron chi connectivity index (χ3n) is 11.0. The molecule has 2 aliphatic carbocycles. The zero-order chi connectivity index (χ0) is 38.4. The maximum absolute atomic E-state index is 9.93. The highest BCUT2D eigenvalue weighted by Crippen LogP contribution is 2.63. The number of aliphatic hydroxyl groups is 2. The van der Waals surface area contributed by atoms with Crippen LogP contribution in [0.5, 0.6) is 17.2 Å². The lowest BCUT2D eigenvalue weighted by Crippen LogP contribution is -2.64. The van der Waals surface area contributed by atoms with E-state index in [-0.39, 0.29) is 42.1 Å². The van der Waals surface area contributed by atoms with Crippen molar-refractivity contribution in [3.63, 3.8) is 0 Å². The van der Waals surface area contributed by atoms with E-state index in [0.717, 1.165) is 88.3 Å². The topological polar surface area (TPSA) is 89.7 Å². The monoisotopic (exact) mass is 761 g/mol. The normalized spacial score (nSPS) is 25.1. The zero-order valence-electron chi connectivity index (χ0n) is 32.4. The van der Waals surface area contributed by atoms with Crippen molar-refractivity contribution >= 4 is 28.2 Å². The van der Waals surface area contributed by atoms with Gasteiger partial charge in [0, 0.05) is 36.0 Å². The van der Waals surface area contributed by atoms with Gasteiger partial charge in [-0.3, -0.25) is 0 Å². The van der Waals surface area contributed by atoms with Crippen molar-refractivity contribution in [2.75, 3.05) is 19.8 Å². The summed E-state index contributed by atoms with van der Waals surface area (Å²) in [5.41, 5.74) is 2.65. The molecule has 1 fully saturated rings. The van der Waals surface area contributed by atoms with Crippen LogP contribution in [0, 0.1) is 17.8 Å². The molecule has 55 heavy (non-hydrogen) atoms. The molecule has 0 amide bonds. The van der Waals surface area contributed by atoms with Gasteiger partial charge in [0.2, 0.25) is 5.79 Å². The molecule has 290 valence electrons. The van der Waals surface area contributed by atoms with Crippen LogP contribution in [0.1, 0.15) is 77.2 Å². The second-order valence-corrected chi connectivity index (χ2v) is 17.3. The summed E-state index contributed by atoms with van der Waals surface area (Å²) in [5.74, 6) is 1.42. The lowest BCUT2D eigenvalue weighted by atomic mass is 9.56. The summed E-state index contributed by atoms with van der Waals surface area (Å²) in [6.07, 6.45) is 9.95. The molecular formula is C47H55NO6S. The molecule has 1 saturated carbocycles. The number of aliphatic hydroxyl groups excluding tert-OH is 2. The first-order chi connectivity index (χ1) is 26.7. The molecule has 8 heteroatoms. The second-order valence-electron chi connectivity index (χ2n) is 16.0. The van der Waals surface area contributed by atoms with Crippen LogP contribution in [0.15, 0.2) is 125 Å². The van der Waals surface area contributed by atoms with Crippen molar-refractivity contribution in [3.8, 4) is 17.2 Å². The van der Waals surface area contributed by atoms with Crippen molar-refractivity contribution in [3.05, 3.63) is 121 Å². The molecule has 0 bridgehead atoms. The Bertz CT molecular complexity index is 1990. The van der Waals surface area contributed by atoms with Gasteiger partial charge in [0.1, 0.15) is 22.8 Å². The Labute approximate surface area is 330 Å². The van der Waals surface area contributed by atoms with Crippen molar-refractivity contribution in [2.45, 2.75) is 93.2 Å². The first kappa shape index (κ1) is 39.2. The van der Waals surface area contributed by atoms with Crippen LogP contribution in [0.3, 0.4) is 0 Å². The van der Waals surface area contributed by atoms with Crippen LogP contribution in [0.4, 0.5) is 0 Å². The first-order valence-corrected chi connectivity index (χ1v) is 20.8. The number of hydrogen-bond donors (Lipinski definition) is 2. The fourth-order valence-corrected chi connectivity index (χ4v) is 10.0. The van der Waals surface area contributed by atoms with Crippen molar-refractivity contribution < 1.29 is 29.3 Å². The van der Waals surface area contributed by atoms with E-state index >= 15 is 0 Å². The number of hydrogen-bond acceptors (Lipinski definition) is 8. The first-order valence-electron chi connectivity index (χ1n) is 19.9. The average Bonchev–Trinajstić information content (AvgIpc) is 3.18. The molecule has 7 rings (SSSR count). The molecule has 0 radical (unpaired) electrons. The highest BCUT2D eigenvalue weighted by molar-refractivity contribution is 8.00. The number of allylic oxidation sites excluding steroid dienone is 1. The highest BCUT2D eigenvalue weighted by Gasteiger charge is 2.64. The summed E-state index contributed by atoms with van der Waals surface area (Å²) < 4.78 is 21.1. The Balaban J connectivity index is 1.41. The summed E-state index contributed by atoms with van der Waals surface area (Å²) in [6.45, 7) is 10.8. The van der Waals surface area contributed by atoms with Crippen LogP contribution in [-0.2, 0) is 9.57 Å². The molecule has 6 unspecified atom stereocenters. The largest absolute Gasteiger partial charge is 0.460 e. The Kier molecular flexibility index (Phi) is 12.4. The van der Waals surface area contributed by atoms with Crippen molar-refractivity contribution in [2.24, 2.45) is 22.9 Å². The number of ether oxygens (including phenoxy) is 3. The number of benzene rings is 4. The van der Waals surface area contributed by atoms with Gasteiger partial charge in [-0.15, -0.1) is 18.3 Å². The Hall–Kier alpha value is -4.08. The van der Waals surface area contributed by atoms with Crippen molar-refractivity contribution in [1.82, 2.24) is 0 Å². The number of oxime groups is 1. The minimum atomic E-state index is -1.05. The van der Waals surface area contributed by atoms with Gasteiger partial charge in [0.25, 0.3) is 0 Å². The van der Waals surface area contributed by atoms with Crippen LogP contribution in [0.2, 0.25) is 0 Å². The molecule has 2 N–H and O–H groups in total. The van der Waals surface area contributed by atoms with Crippen LogP contribution in [0.25, 0.3) is 10.8 Å². The lowest BCUT2D eigenvalue weighted by Gasteiger charge is -2.58. The molecule has 0 saturated heterocycles. The van der Waals surface area contributed by atoms with E-state index in [1.165, 1.54) is 0 Å². The van der Waals surface area contributed by atoms with E-state index in [0.29, 0.717) is 13.0 Å². The van der Waals surface area contributed by atoms with Crippen molar-refractivity contribution in [1.29, 1.82) is 0 Å². The molecule has 4 aromatic rings. The maximum atomic E-state index is 9.93. The number of nitrogens with zero attached hydrogens (tertiary/aromatic N) is 1. The third kappa shape index (κ3) is 8.68. The van der Waals surface area contributed by atoms with Gasteiger partial charge in [-0.1, -0.05) is 78.7 Å². The molecule has 7 nitrogen and oxygen atoms in total. The SMILES string of the molecule is C=CCOC12Oc3ccc(Oc4ccc5ccccc5c4)cc3C3C(CCCCO)C(CCCCO)C=C(C(=NOC(C)(C)C)CC1Sc1ccccc1)C32. The maximum Gasteiger partial charge on any atom is 0.231 e. The Morgan fingerprint density at radius 2 is 1.58 bits per heavy atom. The predicted molar refractivity (Wildman–Crippen MR) is 222 cm³/mol. The average molecular weight is 762 g/mol. The van der Waals surface area contributed by atoms with E-state index in [4.69, 9.17) is 24.2 Å². The van der Waals surface area contributed by atoms with Gasteiger partial charge < -0.3 is 29.3 Å². The summed E-state index contributed by atoms with van der Waals surface area (Å²) >= 11 is 1.76. The zero-order valence-corrected chi connectivity index (χ0v) is 33.2. The van der Waals surface area contributed by atoms with Gasteiger partial charge in [-0.2, -0.15) is 0 Å². The van der Waals surface area contributed by atoms with Crippen LogP contribution >= 0.6 is 11.8 Å². The third-order valence-corrected chi connectivity index (χ3v) is 12.4. The molecule has 1 aliphatic heterocycles. The van der Waals surface area contributed by atoms with Gasteiger partial charge >= 0.3 is 0 Å². The van der Waals surface area contributed by atoms with E-state index in [9.17, 15) is 10.2 Å². The summed E-state index contributed by atoms with van der Waals surface area (Å²) in [5, 5.41) is 26.8. The summed E-state index contributed by atoms with van der Waals surface area (Å²) in [4.78, 5) is 7.36. The van der Waals surface area contributed by atoms with Gasteiger partial charge in [-0.05, 0) is 117 Å². The second kappa shape index (κ2) is 17.4. The summed E-state index contributed by atoms with van der Waals surface area (Å²) in [7, 11) is 0. The van der Waals surface area contributed by atoms with Gasteiger partial charge in [0.05, 0.1) is 23.5 Å². The number of rotatable bonds is 16. The van der Waals surface area contributed by atoms with Gasteiger partial charge in [-0.25, -0.2) is 0 Å². The molecule has 0 aromatic heterocycles. The van der Waals surface area contributed by atoms with Gasteiger partial charge in [0.15, 0.2) is 0 Å². The number of fused-ring (bicyclic) bond motifs is 3. The molecule has 4 aromatic carbocycles. The molecular weight excluding hydrogens is 707 g/mol. The number of unbranched alkanes of at least 4 members (excludes halogenated alkanes) is 2. The molecule has 1 heterocycles. The fourth-order valence-electron chi connectivity index (χ4n) is 8.71. The smallest absolute Gasteiger partial charge is 0.231 e.